The summed E-state index contributed by atoms with van der Waals surface area (Å²) in [5.41, 5.74) is 0. The molecule has 1 rings (SSSR count). The monoisotopic (exact) mass is 246 g/mol. The van der Waals surface area contributed by atoms with Crippen molar-refractivity contribution in [3.05, 3.63) is 5.01 Å². The second kappa shape index (κ2) is 3.46. The number of sulfone groups is 1. The van der Waals surface area contributed by atoms with Crippen molar-refractivity contribution in [1.29, 1.82) is 0 Å². The normalized spacial score (nSPS) is 13.1. The van der Waals surface area contributed by atoms with Crippen LogP contribution in [0.15, 0.2) is 4.34 Å². The molecule has 0 aliphatic carbocycles. The van der Waals surface area contributed by atoms with E-state index in [9.17, 15) is 21.6 Å². The fourth-order valence-corrected chi connectivity index (χ4v) is 2.53. The van der Waals surface area contributed by atoms with Crippen LogP contribution in [0.4, 0.5) is 13.2 Å². The van der Waals surface area contributed by atoms with E-state index in [2.05, 4.69) is 10.2 Å². The molecular formula is C5H5F3N2O2S2. The van der Waals surface area contributed by atoms with Crippen LogP contribution in [0.3, 0.4) is 0 Å². The van der Waals surface area contributed by atoms with Crippen molar-refractivity contribution in [2.45, 2.75) is 17.4 Å². The van der Waals surface area contributed by atoms with E-state index >= 15 is 0 Å². The summed E-state index contributed by atoms with van der Waals surface area (Å²) in [6, 6.07) is 0. The van der Waals surface area contributed by atoms with Gasteiger partial charge in [0.1, 0.15) is 0 Å². The van der Waals surface area contributed by atoms with Crippen LogP contribution in [0.2, 0.25) is 0 Å². The van der Waals surface area contributed by atoms with Crippen LogP contribution < -0.4 is 0 Å². The lowest BCUT2D eigenvalue weighted by atomic mass is 10.7. The van der Waals surface area contributed by atoms with Gasteiger partial charge in [-0.3, -0.25) is 0 Å². The molecule has 0 aliphatic rings. The van der Waals surface area contributed by atoms with Gasteiger partial charge in [0.05, 0.1) is 5.75 Å². The lowest BCUT2D eigenvalue weighted by Gasteiger charge is -1.97. The predicted molar refractivity (Wildman–Crippen MR) is 42.6 cm³/mol. The summed E-state index contributed by atoms with van der Waals surface area (Å²) >= 11 is 0.0362. The molecule has 0 atom stereocenters. The van der Waals surface area contributed by atoms with E-state index in [-0.39, 0.29) is 17.1 Å². The Balaban J connectivity index is 3.13. The van der Waals surface area contributed by atoms with Crippen molar-refractivity contribution in [2.75, 3.05) is 5.75 Å². The average Bonchev–Trinajstić information content (AvgIpc) is 2.51. The molecule has 0 aromatic carbocycles. The smallest absolute Gasteiger partial charge is 0.221 e. The third kappa shape index (κ3) is 2.21. The van der Waals surface area contributed by atoms with Gasteiger partial charge in [0, 0.05) is 0 Å². The molecule has 1 aromatic heterocycles. The molecule has 0 fully saturated rings. The number of hydrogen-bond donors (Lipinski definition) is 0. The maximum atomic E-state index is 12.0. The van der Waals surface area contributed by atoms with Gasteiger partial charge in [-0.15, -0.1) is 10.2 Å². The van der Waals surface area contributed by atoms with Gasteiger partial charge in [-0.25, -0.2) is 8.42 Å². The highest BCUT2D eigenvalue weighted by Gasteiger charge is 2.37. The summed E-state index contributed by atoms with van der Waals surface area (Å²) < 4.78 is 57.6. The second-order valence-electron chi connectivity index (χ2n) is 2.27. The Morgan fingerprint density at radius 1 is 1.36 bits per heavy atom. The second-order valence-corrected chi connectivity index (χ2v) is 5.70. The Labute approximate surface area is 81.7 Å². The van der Waals surface area contributed by atoms with Crippen LogP contribution in [0.25, 0.3) is 0 Å². The first kappa shape index (κ1) is 11.4. The third-order valence-corrected chi connectivity index (χ3v) is 4.44. The minimum absolute atomic E-state index is 0.0362. The van der Waals surface area contributed by atoms with Crippen LogP contribution >= 0.6 is 11.3 Å². The van der Waals surface area contributed by atoms with Gasteiger partial charge in [-0.05, 0) is 0 Å². The lowest BCUT2D eigenvalue weighted by Crippen LogP contribution is -2.03. The minimum Gasteiger partial charge on any atom is -0.221 e. The molecule has 0 aliphatic heterocycles. The van der Waals surface area contributed by atoms with Crippen molar-refractivity contribution in [1.82, 2.24) is 10.2 Å². The first-order valence-electron chi connectivity index (χ1n) is 3.41. The van der Waals surface area contributed by atoms with Crippen LogP contribution in [0, 0.1) is 0 Å². The molecular weight excluding hydrogens is 241 g/mol. The van der Waals surface area contributed by atoms with Gasteiger partial charge in [-0.2, -0.15) is 13.2 Å². The Kier molecular flexibility index (Phi) is 2.81. The number of rotatable bonds is 2. The highest BCUT2D eigenvalue weighted by molar-refractivity contribution is 7.93. The van der Waals surface area contributed by atoms with E-state index in [0.717, 1.165) is 0 Å². The molecule has 0 amide bonds. The zero-order valence-corrected chi connectivity index (χ0v) is 8.50. The zero-order chi connectivity index (χ0) is 11.0. The molecule has 0 saturated heterocycles. The molecule has 0 bridgehead atoms. The summed E-state index contributed by atoms with van der Waals surface area (Å²) in [7, 11) is -3.69. The van der Waals surface area contributed by atoms with Crippen LogP contribution in [0.5, 0.6) is 0 Å². The summed E-state index contributed by atoms with van der Waals surface area (Å²) in [6.45, 7) is 1.32. The van der Waals surface area contributed by atoms with Crippen molar-refractivity contribution in [3.63, 3.8) is 0 Å². The molecule has 0 unspecified atom stereocenters. The molecule has 80 valence electrons. The highest BCUT2D eigenvalue weighted by Crippen LogP contribution is 2.32. The number of aromatic nitrogens is 2. The van der Waals surface area contributed by atoms with Gasteiger partial charge in [0.2, 0.25) is 19.2 Å². The Morgan fingerprint density at radius 2 is 1.93 bits per heavy atom. The molecule has 0 saturated carbocycles. The van der Waals surface area contributed by atoms with E-state index < -0.39 is 25.4 Å². The molecule has 9 heteroatoms. The van der Waals surface area contributed by atoms with Gasteiger partial charge >= 0.3 is 6.18 Å². The number of alkyl halides is 3. The summed E-state index contributed by atoms with van der Waals surface area (Å²) in [4.78, 5) is 0. The lowest BCUT2D eigenvalue weighted by molar-refractivity contribution is -0.138. The van der Waals surface area contributed by atoms with Gasteiger partial charge in [-0.1, -0.05) is 18.3 Å². The fourth-order valence-electron chi connectivity index (χ4n) is 0.573. The van der Waals surface area contributed by atoms with E-state index in [1.165, 1.54) is 6.92 Å². The third-order valence-electron chi connectivity index (χ3n) is 1.30. The first-order valence-corrected chi connectivity index (χ1v) is 5.87. The molecule has 4 nitrogen and oxygen atoms in total. The number of hydrogen-bond acceptors (Lipinski definition) is 5. The standard InChI is InChI=1S/C5H5F3N2O2S2/c1-2-14(11,12)4-10-9-3(13-4)5(6,7)8/h2H2,1H3. The van der Waals surface area contributed by atoms with Crippen LogP contribution in [0.1, 0.15) is 11.9 Å². The maximum Gasteiger partial charge on any atom is 0.445 e. The molecule has 0 radical (unpaired) electrons. The van der Waals surface area contributed by atoms with E-state index in [1.807, 2.05) is 0 Å². The largest absolute Gasteiger partial charge is 0.445 e. The highest BCUT2D eigenvalue weighted by atomic mass is 32.2. The van der Waals surface area contributed by atoms with E-state index in [4.69, 9.17) is 0 Å². The topological polar surface area (TPSA) is 59.9 Å². The van der Waals surface area contributed by atoms with Gasteiger partial charge < -0.3 is 0 Å². The van der Waals surface area contributed by atoms with Crippen LogP contribution in [-0.2, 0) is 16.0 Å². The van der Waals surface area contributed by atoms with E-state index in [0.29, 0.717) is 0 Å². The Hall–Kier alpha value is -0.700. The first-order chi connectivity index (χ1) is 6.27. The maximum absolute atomic E-state index is 12.0. The molecule has 1 heterocycles. The Bertz CT molecular complexity index is 422. The molecule has 1 aromatic rings. The summed E-state index contributed by atoms with van der Waals surface area (Å²) in [6.07, 6.45) is -4.64. The minimum atomic E-state index is -4.64. The zero-order valence-electron chi connectivity index (χ0n) is 6.87. The predicted octanol–water partition coefficient (Wildman–Crippen LogP) is 1.35. The van der Waals surface area contributed by atoms with Crippen molar-refractivity contribution >= 4 is 21.2 Å². The summed E-state index contributed by atoms with van der Waals surface area (Å²) in [5, 5.41) is 4.51. The van der Waals surface area contributed by atoms with Gasteiger partial charge in [0.25, 0.3) is 0 Å². The average molecular weight is 246 g/mol. The number of nitrogens with zero attached hydrogens (tertiary/aromatic N) is 2. The van der Waals surface area contributed by atoms with Crippen molar-refractivity contribution in [2.24, 2.45) is 0 Å². The molecule has 14 heavy (non-hydrogen) atoms. The van der Waals surface area contributed by atoms with Gasteiger partial charge in [0.15, 0.2) is 0 Å². The SMILES string of the molecule is CCS(=O)(=O)c1nnc(C(F)(F)F)s1. The summed E-state index contributed by atoms with van der Waals surface area (Å²) in [5.74, 6) is -0.292. The molecule has 0 spiro atoms. The van der Waals surface area contributed by atoms with Crippen LogP contribution in [-0.4, -0.2) is 24.4 Å². The number of halogens is 3. The molecule has 0 N–H and O–H groups in total. The Morgan fingerprint density at radius 3 is 2.29 bits per heavy atom. The van der Waals surface area contributed by atoms with E-state index in [1.54, 1.807) is 0 Å². The van der Waals surface area contributed by atoms with Crippen molar-refractivity contribution < 1.29 is 21.6 Å². The van der Waals surface area contributed by atoms with Crippen molar-refractivity contribution in [3.8, 4) is 0 Å². The fraction of sp³-hybridized carbons (Fsp3) is 0.600. The quantitative estimate of drug-likeness (QED) is 0.790.